The van der Waals surface area contributed by atoms with Crippen molar-refractivity contribution in [1.82, 2.24) is 15.0 Å². The molecule has 2 rings (SSSR count). The lowest BCUT2D eigenvalue weighted by Crippen LogP contribution is -2.01. The van der Waals surface area contributed by atoms with Crippen LogP contribution < -0.4 is 5.73 Å². The van der Waals surface area contributed by atoms with Gasteiger partial charge in [-0.15, -0.1) is 0 Å². The standard InChI is InChI=1S/C10H12N4/c1-2-7-9(8-4-3-5-12-8)13-6-14-10(7)11/h3-6,12H,2H2,1H3,(H2,11,13,14). The second-order valence-electron chi connectivity index (χ2n) is 3.02. The van der Waals surface area contributed by atoms with E-state index in [9.17, 15) is 0 Å². The van der Waals surface area contributed by atoms with Crippen LogP contribution in [0.5, 0.6) is 0 Å². The lowest BCUT2D eigenvalue weighted by atomic mass is 10.1. The van der Waals surface area contributed by atoms with E-state index in [1.165, 1.54) is 6.33 Å². The van der Waals surface area contributed by atoms with Gasteiger partial charge in [-0.2, -0.15) is 0 Å². The van der Waals surface area contributed by atoms with Crippen LogP contribution in [0.15, 0.2) is 24.7 Å². The maximum absolute atomic E-state index is 5.77. The molecular formula is C10H12N4. The van der Waals surface area contributed by atoms with Gasteiger partial charge >= 0.3 is 0 Å². The van der Waals surface area contributed by atoms with Crippen molar-refractivity contribution in [3.63, 3.8) is 0 Å². The predicted octanol–water partition coefficient (Wildman–Crippen LogP) is 1.62. The van der Waals surface area contributed by atoms with E-state index in [2.05, 4.69) is 15.0 Å². The summed E-state index contributed by atoms with van der Waals surface area (Å²) in [5.74, 6) is 0.562. The maximum atomic E-state index is 5.77. The van der Waals surface area contributed by atoms with Crippen LogP contribution >= 0.6 is 0 Å². The summed E-state index contributed by atoms with van der Waals surface area (Å²) in [6.07, 6.45) is 4.19. The van der Waals surface area contributed by atoms with Gasteiger partial charge in [-0.25, -0.2) is 9.97 Å². The molecule has 0 saturated heterocycles. The van der Waals surface area contributed by atoms with Crippen molar-refractivity contribution in [1.29, 1.82) is 0 Å². The fraction of sp³-hybridized carbons (Fsp3) is 0.200. The molecule has 0 aliphatic rings. The van der Waals surface area contributed by atoms with Crippen molar-refractivity contribution in [2.45, 2.75) is 13.3 Å². The summed E-state index contributed by atoms with van der Waals surface area (Å²) in [6.45, 7) is 2.04. The summed E-state index contributed by atoms with van der Waals surface area (Å²) in [4.78, 5) is 11.3. The largest absolute Gasteiger partial charge is 0.383 e. The summed E-state index contributed by atoms with van der Waals surface area (Å²) < 4.78 is 0. The topological polar surface area (TPSA) is 67.6 Å². The molecule has 0 aliphatic carbocycles. The van der Waals surface area contributed by atoms with Gasteiger partial charge in [0.2, 0.25) is 0 Å². The minimum Gasteiger partial charge on any atom is -0.383 e. The van der Waals surface area contributed by atoms with E-state index in [0.29, 0.717) is 5.82 Å². The van der Waals surface area contributed by atoms with Crippen LogP contribution in [0.1, 0.15) is 12.5 Å². The SMILES string of the molecule is CCc1c(N)ncnc1-c1ccc[nH]1. The van der Waals surface area contributed by atoms with Crippen molar-refractivity contribution < 1.29 is 0 Å². The Balaban J connectivity index is 2.58. The first kappa shape index (κ1) is 8.74. The van der Waals surface area contributed by atoms with Crippen LogP contribution in [-0.4, -0.2) is 15.0 Å². The molecule has 2 aromatic heterocycles. The first-order chi connectivity index (χ1) is 6.83. The van der Waals surface area contributed by atoms with E-state index in [1.54, 1.807) is 0 Å². The van der Waals surface area contributed by atoms with Crippen molar-refractivity contribution >= 4 is 5.82 Å². The fourth-order valence-corrected chi connectivity index (χ4v) is 1.48. The Kier molecular flexibility index (Phi) is 2.18. The molecule has 14 heavy (non-hydrogen) atoms. The van der Waals surface area contributed by atoms with Gasteiger partial charge in [0.05, 0.1) is 11.4 Å². The van der Waals surface area contributed by atoms with E-state index in [0.717, 1.165) is 23.4 Å². The fourth-order valence-electron chi connectivity index (χ4n) is 1.48. The zero-order valence-electron chi connectivity index (χ0n) is 7.99. The number of hydrogen-bond acceptors (Lipinski definition) is 3. The Bertz CT molecular complexity index is 420. The van der Waals surface area contributed by atoms with Gasteiger partial charge < -0.3 is 10.7 Å². The summed E-state index contributed by atoms with van der Waals surface area (Å²) in [7, 11) is 0. The number of aromatic amines is 1. The Morgan fingerprint density at radius 1 is 1.43 bits per heavy atom. The zero-order chi connectivity index (χ0) is 9.97. The highest BCUT2D eigenvalue weighted by molar-refractivity contribution is 5.64. The molecule has 0 spiro atoms. The Labute approximate surface area is 82.2 Å². The van der Waals surface area contributed by atoms with Crippen molar-refractivity contribution in [3.8, 4) is 11.4 Å². The molecule has 0 saturated carbocycles. The molecule has 0 bridgehead atoms. The van der Waals surface area contributed by atoms with E-state index in [1.807, 2.05) is 25.3 Å². The van der Waals surface area contributed by atoms with Crippen LogP contribution in [-0.2, 0) is 6.42 Å². The molecule has 0 atom stereocenters. The van der Waals surface area contributed by atoms with Gasteiger partial charge in [0.15, 0.2) is 0 Å². The molecule has 0 unspecified atom stereocenters. The number of nitrogen functional groups attached to an aromatic ring is 1. The normalized spacial score (nSPS) is 10.4. The summed E-state index contributed by atoms with van der Waals surface area (Å²) in [5, 5.41) is 0. The molecule has 2 heterocycles. The predicted molar refractivity (Wildman–Crippen MR) is 55.6 cm³/mol. The van der Waals surface area contributed by atoms with Crippen molar-refractivity contribution in [3.05, 3.63) is 30.2 Å². The number of anilines is 1. The number of nitrogens with two attached hydrogens (primary N) is 1. The van der Waals surface area contributed by atoms with Gasteiger partial charge in [-0.3, -0.25) is 0 Å². The highest BCUT2D eigenvalue weighted by Gasteiger charge is 2.09. The van der Waals surface area contributed by atoms with Gasteiger partial charge in [-0.1, -0.05) is 6.92 Å². The van der Waals surface area contributed by atoms with E-state index >= 15 is 0 Å². The molecule has 0 fully saturated rings. The third-order valence-corrected chi connectivity index (χ3v) is 2.19. The maximum Gasteiger partial charge on any atom is 0.130 e. The number of nitrogens with one attached hydrogen (secondary N) is 1. The van der Waals surface area contributed by atoms with E-state index < -0.39 is 0 Å². The minimum atomic E-state index is 0.562. The van der Waals surface area contributed by atoms with Crippen LogP contribution in [0.3, 0.4) is 0 Å². The van der Waals surface area contributed by atoms with Crippen molar-refractivity contribution in [2.75, 3.05) is 5.73 Å². The molecule has 0 amide bonds. The van der Waals surface area contributed by atoms with Crippen LogP contribution in [0, 0.1) is 0 Å². The molecule has 0 radical (unpaired) electrons. The van der Waals surface area contributed by atoms with Crippen LogP contribution in [0.25, 0.3) is 11.4 Å². The second kappa shape index (κ2) is 3.49. The van der Waals surface area contributed by atoms with Gasteiger partial charge in [-0.05, 0) is 18.6 Å². The number of H-pyrrole nitrogens is 1. The van der Waals surface area contributed by atoms with Crippen LogP contribution in [0.2, 0.25) is 0 Å². The molecular weight excluding hydrogens is 176 g/mol. The molecule has 4 nitrogen and oxygen atoms in total. The van der Waals surface area contributed by atoms with Gasteiger partial charge in [0.25, 0.3) is 0 Å². The van der Waals surface area contributed by atoms with Gasteiger partial charge in [0.1, 0.15) is 12.1 Å². The third-order valence-electron chi connectivity index (χ3n) is 2.19. The summed E-state index contributed by atoms with van der Waals surface area (Å²) in [6, 6.07) is 3.91. The molecule has 3 N–H and O–H groups in total. The smallest absolute Gasteiger partial charge is 0.130 e. The Hall–Kier alpha value is -1.84. The average Bonchev–Trinajstić information content (AvgIpc) is 2.70. The monoisotopic (exact) mass is 188 g/mol. The highest BCUT2D eigenvalue weighted by Crippen LogP contribution is 2.22. The number of hydrogen-bond donors (Lipinski definition) is 2. The Morgan fingerprint density at radius 2 is 2.29 bits per heavy atom. The van der Waals surface area contributed by atoms with Crippen molar-refractivity contribution in [2.24, 2.45) is 0 Å². The third kappa shape index (κ3) is 1.35. The summed E-state index contributed by atoms with van der Waals surface area (Å²) >= 11 is 0. The summed E-state index contributed by atoms with van der Waals surface area (Å²) in [5.41, 5.74) is 8.64. The molecule has 0 aliphatic heterocycles. The van der Waals surface area contributed by atoms with E-state index in [-0.39, 0.29) is 0 Å². The lowest BCUT2D eigenvalue weighted by Gasteiger charge is -2.06. The number of rotatable bonds is 2. The first-order valence-electron chi connectivity index (χ1n) is 4.56. The zero-order valence-corrected chi connectivity index (χ0v) is 7.99. The molecule has 2 aromatic rings. The first-order valence-corrected chi connectivity index (χ1v) is 4.56. The van der Waals surface area contributed by atoms with Gasteiger partial charge in [0, 0.05) is 11.8 Å². The Morgan fingerprint density at radius 3 is 2.93 bits per heavy atom. The van der Waals surface area contributed by atoms with Crippen LogP contribution in [0.4, 0.5) is 5.82 Å². The highest BCUT2D eigenvalue weighted by atomic mass is 14.9. The quantitative estimate of drug-likeness (QED) is 0.752. The molecule has 0 aromatic carbocycles. The number of nitrogens with zero attached hydrogens (tertiary/aromatic N) is 2. The second-order valence-corrected chi connectivity index (χ2v) is 3.02. The molecule has 4 heteroatoms. The minimum absolute atomic E-state index is 0.562. The van der Waals surface area contributed by atoms with E-state index in [4.69, 9.17) is 5.73 Å². The number of aromatic nitrogens is 3. The molecule has 72 valence electrons. The average molecular weight is 188 g/mol. The lowest BCUT2D eigenvalue weighted by molar-refractivity contribution is 1.05.